The summed E-state index contributed by atoms with van der Waals surface area (Å²) in [5.41, 5.74) is 3.37. The van der Waals surface area contributed by atoms with Gasteiger partial charge in [0.15, 0.2) is 11.5 Å². The number of hydrogen-bond acceptors (Lipinski definition) is 6. The van der Waals surface area contributed by atoms with Crippen molar-refractivity contribution >= 4 is 52.2 Å². The molecule has 0 bridgehead atoms. The molecular weight excluding hydrogens is 524 g/mol. The van der Waals surface area contributed by atoms with Crippen LogP contribution in [0, 0.1) is 0 Å². The van der Waals surface area contributed by atoms with Crippen LogP contribution in [0.15, 0.2) is 71.6 Å². The number of rotatable bonds is 10. The van der Waals surface area contributed by atoms with Gasteiger partial charge in [0, 0.05) is 10.7 Å². The van der Waals surface area contributed by atoms with E-state index >= 15 is 0 Å². The van der Waals surface area contributed by atoms with E-state index in [9.17, 15) is 14.4 Å². The number of carbonyl (C=O) groups is 3. The van der Waals surface area contributed by atoms with Gasteiger partial charge in [-0.1, -0.05) is 48.9 Å². The van der Waals surface area contributed by atoms with E-state index in [0.29, 0.717) is 41.0 Å². The molecule has 196 valence electrons. The Labute approximate surface area is 230 Å². The van der Waals surface area contributed by atoms with Crippen LogP contribution < -0.4 is 14.8 Å². The zero-order chi connectivity index (χ0) is 27.1. The van der Waals surface area contributed by atoms with Gasteiger partial charge in [0.05, 0.1) is 11.5 Å². The van der Waals surface area contributed by atoms with Crippen LogP contribution in [0.2, 0.25) is 5.02 Å². The lowest BCUT2D eigenvalue weighted by molar-refractivity contribution is -0.127. The average Bonchev–Trinajstić information content (AvgIpc) is 3.17. The van der Waals surface area contributed by atoms with Crippen LogP contribution in [0.25, 0.3) is 6.08 Å². The van der Waals surface area contributed by atoms with Gasteiger partial charge in [-0.15, -0.1) is 0 Å². The first-order valence-electron chi connectivity index (χ1n) is 12.1. The van der Waals surface area contributed by atoms with E-state index in [1.165, 1.54) is 0 Å². The SMILES string of the molecule is CCOc1cc(/C=C2/SC(=O)N(CC(=O)Nc3ccc(CC)cc3)C2=O)ccc1OCc1ccc(Cl)cc1. The Morgan fingerprint density at radius 2 is 1.66 bits per heavy atom. The number of amides is 3. The Morgan fingerprint density at radius 3 is 2.34 bits per heavy atom. The monoisotopic (exact) mass is 550 g/mol. The summed E-state index contributed by atoms with van der Waals surface area (Å²) < 4.78 is 11.7. The third-order valence-corrected chi connectivity index (χ3v) is 6.85. The molecule has 1 fully saturated rings. The molecule has 38 heavy (non-hydrogen) atoms. The van der Waals surface area contributed by atoms with Gasteiger partial charge >= 0.3 is 0 Å². The van der Waals surface area contributed by atoms with Crippen LogP contribution in [0.1, 0.15) is 30.5 Å². The molecule has 3 aromatic carbocycles. The van der Waals surface area contributed by atoms with Crippen molar-refractivity contribution in [1.29, 1.82) is 0 Å². The van der Waals surface area contributed by atoms with Crippen LogP contribution in [0.4, 0.5) is 10.5 Å². The number of nitrogens with one attached hydrogen (secondary N) is 1. The van der Waals surface area contributed by atoms with E-state index < -0.39 is 17.1 Å². The maximum Gasteiger partial charge on any atom is 0.294 e. The van der Waals surface area contributed by atoms with Crippen LogP contribution in [-0.4, -0.2) is 35.1 Å². The number of carbonyl (C=O) groups excluding carboxylic acids is 3. The quantitative estimate of drug-likeness (QED) is 0.288. The van der Waals surface area contributed by atoms with Gasteiger partial charge in [-0.25, -0.2) is 0 Å². The summed E-state index contributed by atoms with van der Waals surface area (Å²) in [6, 6.07) is 20.1. The van der Waals surface area contributed by atoms with Crippen LogP contribution in [-0.2, 0) is 22.6 Å². The van der Waals surface area contributed by atoms with Crippen molar-refractivity contribution in [3.05, 3.63) is 93.3 Å². The molecule has 0 unspecified atom stereocenters. The van der Waals surface area contributed by atoms with Gasteiger partial charge in [0.2, 0.25) is 5.91 Å². The molecule has 7 nitrogen and oxygen atoms in total. The highest BCUT2D eigenvalue weighted by Crippen LogP contribution is 2.35. The number of aryl methyl sites for hydroxylation is 1. The second-order valence-electron chi connectivity index (χ2n) is 8.42. The molecule has 0 aliphatic carbocycles. The Morgan fingerprint density at radius 1 is 0.947 bits per heavy atom. The van der Waals surface area contributed by atoms with Gasteiger partial charge in [0.25, 0.3) is 11.1 Å². The maximum absolute atomic E-state index is 12.9. The molecule has 1 heterocycles. The predicted molar refractivity (Wildman–Crippen MR) is 151 cm³/mol. The molecule has 1 aliphatic heterocycles. The summed E-state index contributed by atoms with van der Waals surface area (Å²) >= 11 is 6.74. The van der Waals surface area contributed by atoms with E-state index in [0.717, 1.165) is 34.2 Å². The topological polar surface area (TPSA) is 84.9 Å². The minimum Gasteiger partial charge on any atom is -0.490 e. The van der Waals surface area contributed by atoms with Gasteiger partial charge in [-0.2, -0.15) is 0 Å². The molecule has 0 saturated carbocycles. The smallest absolute Gasteiger partial charge is 0.294 e. The second kappa shape index (κ2) is 12.7. The Hall–Kier alpha value is -3.75. The number of halogens is 1. The van der Waals surface area contributed by atoms with Gasteiger partial charge < -0.3 is 14.8 Å². The van der Waals surface area contributed by atoms with E-state index in [-0.39, 0.29) is 11.4 Å². The van der Waals surface area contributed by atoms with Crippen molar-refractivity contribution in [1.82, 2.24) is 4.90 Å². The molecule has 1 saturated heterocycles. The molecule has 9 heteroatoms. The summed E-state index contributed by atoms with van der Waals surface area (Å²) in [6.07, 6.45) is 2.50. The minimum absolute atomic E-state index is 0.229. The number of hydrogen-bond donors (Lipinski definition) is 1. The number of imide groups is 1. The first-order chi connectivity index (χ1) is 18.4. The van der Waals surface area contributed by atoms with Crippen LogP contribution in [0.5, 0.6) is 11.5 Å². The van der Waals surface area contributed by atoms with E-state index in [4.69, 9.17) is 21.1 Å². The fraction of sp³-hybridized carbons (Fsp3) is 0.207. The molecule has 1 aliphatic rings. The Balaban J connectivity index is 1.42. The van der Waals surface area contributed by atoms with Crippen molar-refractivity contribution in [2.75, 3.05) is 18.5 Å². The molecule has 4 rings (SSSR count). The summed E-state index contributed by atoms with van der Waals surface area (Å²) in [7, 11) is 0. The highest BCUT2D eigenvalue weighted by Gasteiger charge is 2.36. The summed E-state index contributed by atoms with van der Waals surface area (Å²) in [5.74, 6) is 0.106. The highest BCUT2D eigenvalue weighted by molar-refractivity contribution is 8.18. The number of anilines is 1. The summed E-state index contributed by atoms with van der Waals surface area (Å²) in [5, 5.41) is 2.89. The zero-order valence-corrected chi connectivity index (χ0v) is 22.6. The van der Waals surface area contributed by atoms with Gasteiger partial charge in [-0.3, -0.25) is 19.3 Å². The lowest BCUT2D eigenvalue weighted by atomic mass is 10.1. The maximum atomic E-state index is 12.9. The van der Waals surface area contributed by atoms with Crippen molar-refractivity contribution in [2.24, 2.45) is 0 Å². The predicted octanol–water partition coefficient (Wildman–Crippen LogP) is 6.56. The lowest BCUT2D eigenvalue weighted by Crippen LogP contribution is -2.36. The molecule has 0 aromatic heterocycles. The van der Waals surface area contributed by atoms with E-state index in [1.54, 1.807) is 48.5 Å². The fourth-order valence-electron chi connectivity index (χ4n) is 3.70. The zero-order valence-electron chi connectivity index (χ0n) is 21.0. The van der Waals surface area contributed by atoms with Crippen molar-refractivity contribution in [3.8, 4) is 11.5 Å². The van der Waals surface area contributed by atoms with Crippen molar-refractivity contribution < 1.29 is 23.9 Å². The average molecular weight is 551 g/mol. The van der Waals surface area contributed by atoms with Gasteiger partial charge in [0.1, 0.15) is 13.2 Å². The highest BCUT2D eigenvalue weighted by atomic mass is 35.5. The number of thioether (sulfide) groups is 1. The number of ether oxygens (including phenoxy) is 2. The molecule has 0 spiro atoms. The molecule has 3 amide bonds. The van der Waals surface area contributed by atoms with Gasteiger partial charge in [-0.05, 0) is 84.3 Å². The fourth-order valence-corrected chi connectivity index (χ4v) is 4.66. The van der Waals surface area contributed by atoms with Crippen LogP contribution in [0.3, 0.4) is 0 Å². The summed E-state index contributed by atoms with van der Waals surface area (Å²) in [4.78, 5) is 39.1. The Bertz CT molecular complexity index is 1360. The lowest BCUT2D eigenvalue weighted by Gasteiger charge is -2.13. The Kier molecular flexibility index (Phi) is 9.10. The molecule has 1 N–H and O–H groups in total. The largest absolute Gasteiger partial charge is 0.490 e. The standard InChI is InChI=1S/C29H27ClN2O5S/c1-3-19-7-12-23(13-8-19)31-27(33)17-32-28(34)26(38-29(32)35)16-21-9-14-24(25(15-21)36-4-2)37-18-20-5-10-22(30)11-6-20/h5-16H,3-4,17-18H2,1-2H3,(H,31,33)/b26-16+. The second-order valence-corrected chi connectivity index (χ2v) is 9.85. The van der Waals surface area contributed by atoms with E-state index in [1.807, 2.05) is 38.1 Å². The van der Waals surface area contributed by atoms with Crippen molar-refractivity contribution in [2.45, 2.75) is 26.9 Å². The summed E-state index contributed by atoms with van der Waals surface area (Å²) in [6.45, 7) is 4.31. The first kappa shape index (κ1) is 27.3. The molecule has 0 atom stereocenters. The van der Waals surface area contributed by atoms with E-state index in [2.05, 4.69) is 5.32 Å². The molecular formula is C29H27ClN2O5S. The minimum atomic E-state index is -0.516. The van der Waals surface area contributed by atoms with Crippen LogP contribution >= 0.6 is 23.4 Å². The third kappa shape index (κ3) is 6.96. The first-order valence-corrected chi connectivity index (χ1v) is 13.3. The molecule has 0 radical (unpaired) electrons. The molecule has 3 aromatic rings. The number of nitrogens with zero attached hydrogens (tertiary/aromatic N) is 1. The third-order valence-electron chi connectivity index (χ3n) is 5.69. The van der Waals surface area contributed by atoms with Crippen molar-refractivity contribution in [3.63, 3.8) is 0 Å². The normalized spacial score (nSPS) is 14.2. The number of benzene rings is 3.